The van der Waals surface area contributed by atoms with Crippen molar-refractivity contribution in [1.82, 2.24) is 10.3 Å². The smallest absolute Gasteiger partial charge is 0.140 e. The zero-order valence-electron chi connectivity index (χ0n) is 6.37. The van der Waals surface area contributed by atoms with Crippen LogP contribution in [0.15, 0.2) is 12.1 Å². The molecule has 1 aromatic rings. The van der Waals surface area contributed by atoms with Gasteiger partial charge in [0.25, 0.3) is 0 Å². The zero-order chi connectivity index (χ0) is 7.68. The third-order valence-electron chi connectivity index (χ3n) is 1.79. The Hall–Kier alpha value is -1.11. The van der Waals surface area contributed by atoms with Gasteiger partial charge in [-0.15, -0.1) is 12.4 Å². The highest BCUT2D eigenvalue weighted by Crippen LogP contribution is 2.12. The fourth-order valence-electron chi connectivity index (χ4n) is 1.22. The average Bonchev–Trinajstić information content (AvgIpc) is 2.50. The van der Waals surface area contributed by atoms with Gasteiger partial charge in [-0.05, 0) is 11.6 Å². The minimum absolute atomic E-state index is 0. The molecule has 12 heavy (non-hydrogen) atoms. The van der Waals surface area contributed by atoms with Gasteiger partial charge in [0.15, 0.2) is 0 Å². The van der Waals surface area contributed by atoms with Gasteiger partial charge in [-0.1, -0.05) is 6.07 Å². The second-order valence-corrected chi connectivity index (χ2v) is 2.52. The summed E-state index contributed by atoms with van der Waals surface area (Å²) in [6.07, 6.45) is 0. The van der Waals surface area contributed by atoms with Crippen LogP contribution in [-0.4, -0.2) is 4.98 Å². The van der Waals surface area contributed by atoms with Crippen molar-refractivity contribution in [3.05, 3.63) is 29.1 Å². The molecule has 0 bridgehead atoms. The van der Waals surface area contributed by atoms with Crippen LogP contribution in [-0.2, 0) is 13.1 Å². The molecule has 62 valence electrons. The molecule has 1 aliphatic heterocycles. The molecule has 1 N–H and O–H groups in total. The first kappa shape index (κ1) is 8.98. The molecule has 0 spiro atoms. The van der Waals surface area contributed by atoms with Crippen LogP contribution in [0, 0.1) is 11.3 Å². The average molecular weight is 182 g/mol. The maximum atomic E-state index is 8.54. The lowest BCUT2D eigenvalue weighted by Gasteiger charge is -1.94. The topological polar surface area (TPSA) is 48.7 Å². The standard InChI is InChI=1S/C8H7N3.ClH/c9-3-7-2-1-6-4-10-5-8(6)11-7;/h1-2,10H,4-5H2;1H. The monoisotopic (exact) mass is 181 g/mol. The maximum Gasteiger partial charge on any atom is 0.140 e. The predicted octanol–water partition coefficient (Wildman–Crippen LogP) is 0.978. The van der Waals surface area contributed by atoms with Crippen molar-refractivity contribution in [2.24, 2.45) is 0 Å². The highest BCUT2D eigenvalue weighted by Gasteiger charge is 2.10. The van der Waals surface area contributed by atoms with Gasteiger partial charge < -0.3 is 5.32 Å². The summed E-state index contributed by atoms with van der Waals surface area (Å²) < 4.78 is 0. The van der Waals surface area contributed by atoms with E-state index in [1.807, 2.05) is 12.1 Å². The van der Waals surface area contributed by atoms with Crippen molar-refractivity contribution in [2.75, 3.05) is 0 Å². The predicted molar refractivity (Wildman–Crippen MR) is 46.7 cm³/mol. The van der Waals surface area contributed by atoms with Crippen LogP contribution in [0.5, 0.6) is 0 Å². The number of nitriles is 1. The van der Waals surface area contributed by atoms with Crippen molar-refractivity contribution < 1.29 is 0 Å². The summed E-state index contributed by atoms with van der Waals surface area (Å²) in [4.78, 5) is 4.15. The molecule has 3 nitrogen and oxygen atoms in total. The van der Waals surface area contributed by atoms with Gasteiger partial charge in [0, 0.05) is 13.1 Å². The number of fused-ring (bicyclic) bond motifs is 1. The van der Waals surface area contributed by atoms with E-state index >= 15 is 0 Å². The maximum absolute atomic E-state index is 8.54. The number of rotatable bonds is 0. The highest BCUT2D eigenvalue weighted by atomic mass is 35.5. The lowest BCUT2D eigenvalue weighted by Crippen LogP contribution is -2.00. The van der Waals surface area contributed by atoms with Gasteiger partial charge in [0.1, 0.15) is 11.8 Å². The van der Waals surface area contributed by atoms with E-state index in [2.05, 4.69) is 10.3 Å². The van der Waals surface area contributed by atoms with E-state index in [0.717, 1.165) is 18.8 Å². The van der Waals surface area contributed by atoms with Crippen molar-refractivity contribution in [1.29, 1.82) is 5.26 Å². The van der Waals surface area contributed by atoms with Crippen LogP contribution >= 0.6 is 12.4 Å². The van der Waals surface area contributed by atoms with Crippen molar-refractivity contribution in [3.8, 4) is 6.07 Å². The van der Waals surface area contributed by atoms with E-state index in [0.29, 0.717) is 5.69 Å². The lowest BCUT2D eigenvalue weighted by atomic mass is 10.2. The first-order chi connectivity index (χ1) is 5.40. The molecule has 1 aliphatic rings. The van der Waals surface area contributed by atoms with E-state index in [1.165, 1.54) is 5.56 Å². The molecule has 0 aliphatic carbocycles. The van der Waals surface area contributed by atoms with E-state index in [4.69, 9.17) is 5.26 Å². The molecule has 0 unspecified atom stereocenters. The van der Waals surface area contributed by atoms with Gasteiger partial charge in [0.2, 0.25) is 0 Å². The van der Waals surface area contributed by atoms with E-state index < -0.39 is 0 Å². The van der Waals surface area contributed by atoms with Gasteiger partial charge in [-0.2, -0.15) is 5.26 Å². The molecule has 0 saturated heterocycles. The quantitative estimate of drug-likeness (QED) is 0.649. The van der Waals surface area contributed by atoms with Crippen LogP contribution in [0.4, 0.5) is 0 Å². The number of aromatic nitrogens is 1. The highest BCUT2D eigenvalue weighted by molar-refractivity contribution is 5.85. The summed E-state index contributed by atoms with van der Waals surface area (Å²) >= 11 is 0. The normalized spacial score (nSPS) is 12.9. The third-order valence-corrected chi connectivity index (χ3v) is 1.79. The largest absolute Gasteiger partial charge is 0.307 e. The Balaban J connectivity index is 0.000000720. The van der Waals surface area contributed by atoms with E-state index in [9.17, 15) is 0 Å². The Bertz CT molecular complexity index is 330. The number of hydrogen-bond acceptors (Lipinski definition) is 3. The van der Waals surface area contributed by atoms with Crippen LogP contribution in [0.1, 0.15) is 17.0 Å². The summed E-state index contributed by atoms with van der Waals surface area (Å²) in [5.74, 6) is 0. The van der Waals surface area contributed by atoms with Crippen molar-refractivity contribution >= 4 is 12.4 Å². The molecule has 1 aromatic heterocycles. The molecule has 0 fully saturated rings. The van der Waals surface area contributed by atoms with Crippen LogP contribution in [0.3, 0.4) is 0 Å². The molecular formula is C8H8ClN3. The molecule has 0 radical (unpaired) electrons. The Kier molecular flexibility index (Phi) is 2.64. The zero-order valence-corrected chi connectivity index (χ0v) is 7.19. The van der Waals surface area contributed by atoms with Gasteiger partial charge in [-0.3, -0.25) is 0 Å². The van der Waals surface area contributed by atoms with Crippen LogP contribution in [0.25, 0.3) is 0 Å². The number of halogens is 1. The number of nitrogens with zero attached hydrogens (tertiary/aromatic N) is 2. The van der Waals surface area contributed by atoms with Crippen molar-refractivity contribution in [3.63, 3.8) is 0 Å². The number of pyridine rings is 1. The molecule has 0 aromatic carbocycles. The number of nitrogens with one attached hydrogen (secondary N) is 1. The Morgan fingerprint density at radius 3 is 3.00 bits per heavy atom. The fraction of sp³-hybridized carbons (Fsp3) is 0.250. The lowest BCUT2D eigenvalue weighted by molar-refractivity contribution is 0.757. The second-order valence-electron chi connectivity index (χ2n) is 2.52. The van der Waals surface area contributed by atoms with Gasteiger partial charge in [-0.25, -0.2) is 4.98 Å². The van der Waals surface area contributed by atoms with Crippen LogP contribution < -0.4 is 5.32 Å². The Labute approximate surface area is 76.8 Å². The van der Waals surface area contributed by atoms with Gasteiger partial charge in [0.05, 0.1) is 5.69 Å². The molecular weight excluding hydrogens is 174 g/mol. The number of hydrogen-bond donors (Lipinski definition) is 1. The molecule has 2 rings (SSSR count). The fourth-order valence-corrected chi connectivity index (χ4v) is 1.22. The van der Waals surface area contributed by atoms with Crippen molar-refractivity contribution in [2.45, 2.75) is 13.1 Å². The molecule has 0 amide bonds. The van der Waals surface area contributed by atoms with Crippen LogP contribution in [0.2, 0.25) is 0 Å². The Morgan fingerprint density at radius 1 is 1.42 bits per heavy atom. The van der Waals surface area contributed by atoms with E-state index in [-0.39, 0.29) is 12.4 Å². The van der Waals surface area contributed by atoms with Gasteiger partial charge >= 0.3 is 0 Å². The summed E-state index contributed by atoms with van der Waals surface area (Å²) in [5, 5.41) is 11.7. The minimum Gasteiger partial charge on any atom is -0.307 e. The minimum atomic E-state index is 0. The van der Waals surface area contributed by atoms with E-state index in [1.54, 1.807) is 6.07 Å². The second kappa shape index (κ2) is 3.53. The molecule has 0 atom stereocenters. The first-order valence-electron chi connectivity index (χ1n) is 3.50. The summed E-state index contributed by atoms with van der Waals surface area (Å²) in [6.45, 7) is 1.68. The Morgan fingerprint density at radius 2 is 2.25 bits per heavy atom. The SMILES string of the molecule is Cl.N#Cc1ccc2c(n1)CNC2. The summed E-state index contributed by atoms with van der Waals surface area (Å²) in [5.41, 5.74) is 2.74. The first-order valence-corrected chi connectivity index (χ1v) is 3.50. The third kappa shape index (κ3) is 1.40. The molecule has 0 saturated carbocycles. The molecule has 2 heterocycles. The molecule has 4 heteroatoms. The summed E-state index contributed by atoms with van der Waals surface area (Å²) in [6, 6.07) is 5.73. The summed E-state index contributed by atoms with van der Waals surface area (Å²) in [7, 11) is 0.